The smallest absolute Gasteiger partial charge is 0.387 e. The van der Waals surface area contributed by atoms with Crippen LogP contribution in [0.4, 0.5) is 14.5 Å². The van der Waals surface area contributed by atoms with Gasteiger partial charge in [0.1, 0.15) is 5.75 Å². The van der Waals surface area contributed by atoms with E-state index in [4.69, 9.17) is 0 Å². The van der Waals surface area contributed by atoms with E-state index in [2.05, 4.69) is 15.4 Å². The zero-order chi connectivity index (χ0) is 18.4. The van der Waals surface area contributed by atoms with Crippen LogP contribution in [0.2, 0.25) is 0 Å². The fourth-order valence-electron chi connectivity index (χ4n) is 2.10. The Bertz CT molecular complexity index is 779. The van der Waals surface area contributed by atoms with Gasteiger partial charge in [0.25, 0.3) is 5.91 Å². The Morgan fingerprint density at radius 2 is 1.84 bits per heavy atom. The first-order chi connectivity index (χ1) is 11.8. The van der Waals surface area contributed by atoms with E-state index in [1.165, 1.54) is 24.3 Å². The summed E-state index contributed by atoms with van der Waals surface area (Å²) >= 11 is 0. The van der Waals surface area contributed by atoms with Crippen molar-refractivity contribution < 1.29 is 23.1 Å². The molecule has 132 valence electrons. The molecule has 0 aliphatic heterocycles. The maximum atomic E-state index is 12.2. The Labute approximate surface area is 144 Å². The Kier molecular flexibility index (Phi) is 6.05. The lowest BCUT2D eigenvalue weighted by Crippen LogP contribution is -2.32. The van der Waals surface area contributed by atoms with Crippen molar-refractivity contribution in [2.24, 2.45) is 0 Å². The standard InChI is InChI=1S/C18H18F2N2O3/c1-11-6-7-13(8-12(11)2)17(24)21-10-16(23)22-14-4-3-5-15(9-14)25-18(19)20/h3-9,18H,10H2,1-2H3,(H,21,24)(H,22,23). The van der Waals surface area contributed by atoms with Crippen LogP contribution in [0.3, 0.4) is 0 Å². The van der Waals surface area contributed by atoms with Crippen molar-refractivity contribution in [2.45, 2.75) is 20.5 Å². The zero-order valence-electron chi connectivity index (χ0n) is 13.8. The predicted molar refractivity (Wildman–Crippen MR) is 90.0 cm³/mol. The summed E-state index contributed by atoms with van der Waals surface area (Å²) in [5.41, 5.74) is 2.81. The molecule has 2 aromatic rings. The average Bonchev–Trinajstić information content (AvgIpc) is 2.55. The maximum absolute atomic E-state index is 12.2. The third kappa shape index (κ3) is 5.56. The van der Waals surface area contributed by atoms with Crippen LogP contribution in [-0.4, -0.2) is 25.0 Å². The van der Waals surface area contributed by atoms with E-state index in [0.717, 1.165) is 11.1 Å². The highest BCUT2D eigenvalue weighted by atomic mass is 19.3. The number of amides is 2. The van der Waals surface area contributed by atoms with Crippen LogP contribution >= 0.6 is 0 Å². The Hall–Kier alpha value is -2.96. The fraction of sp³-hybridized carbons (Fsp3) is 0.222. The molecule has 0 radical (unpaired) electrons. The van der Waals surface area contributed by atoms with Gasteiger partial charge in [-0.05, 0) is 49.2 Å². The Morgan fingerprint density at radius 3 is 2.52 bits per heavy atom. The lowest BCUT2D eigenvalue weighted by atomic mass is 10.1. The molecule has 0 spiro atoms. The number of nitrogens with one attached hydrogen (secondary N) is 2. The van der Waals surface area contributed by atoms with Gasteiger partial charge in [-0.15, -0.1) is 0 Å². The molecule has 2 N–H and O–H groups in total. The highest BCUT2D eigenvalue weighted by Gasteiger charge is 2.10. The fourth-order valence-corrected chi connectivity index (χ4v) is 2.10. The molecule has 0 fully saturated rings. The van der Waals surface area contributed by atoms with Crippen LogP contribution in [0, 0.1) is 13.8 Å². The van der Waals surface area contributed by atoms with Crippen LogP contribution in [0.5, 0.6) is 5.75 Å². The molecule has 0 heterocycles. The van der Waals surface area contributed by atoms with Crippen LogP contribution in [-0.2, 0) is 4.79 Å². The van der Waals surface area contributed by atoms with Crippen LogP contribution in [0.25, 0.3) is 0 Å². The minimum Gasteiger partial charge on any atom is -0.435 e. The van der Waals surface area contributed by atoms with E-state index in [1.54, 1.807) is 12.1 Å². The molecule has 2 amide bonds. The summed E-state index contributed by atoms with van der Waals surface area (Å²) in [5, 5.41) is 5.01. The van der Waals surface area contributed by atoms with E-state index in [1.807, 2.05) is 19.9 Å². The molecule has 0 saturated heterocycles. The molecule has 0 bridgehead atoms. The SMILES string of the molecule is Cc1ccc(C(=O)NCC(=O)Nc2cccc(OC(F)F)c2)cc1C. The molecule has 0 atom stereocenters. The van der Waals surface area contributed by atoms with Crippen molar-refractivity contribution in [1.82, 2.24) is 5.32 Å². The second-order valence-electron chi connectivity index (χ2n) is 5.44. The number of benzene rings is 2. The van der Waals surface area contributed by atoms with Gasteiger partial charge in [0.2, 0.25) is 5.91 Å². The molecule has 25 heavy (non-hydrogen) atoms. The molecule has 0 aliphatic carbocycles. The predicted octanol–water partition coefficient (Wildman–Crippen LogP) is 3.27. The van der Waals surface area contributed by atoms with Gasteiger partial charge in [0.05, 0.1) is 6.54 Å². The number of hydrogen-bond acceptors (Lipinski definition) is 3. The first-order valence-corrected chi connectivity index (χ1v) is 7.55. The van der Waals surface area contributed by atoms with Gasteiger partial charge in [-0.2, -0.15) is 8.78 Å². The number of carbonyl (C=O) groups is 2. The zero-order valence-corrected chi connectivity index (χ0v) is 13.8. The lowest BCUT2D eigenvalue weighted by Gasteiger charge is -2.10. The van der Waals surface area contributed by atoms with E-state index < -0.39 is 12.5 Å². The minimum absolute atomic E-state index is 0.0630. The molecular weight excluding hydrogens is 330 g/mol. The maximum Gasteiger partial charge on any atom is 0.387 e. The summed E-state index contributed by atoms with van der Waals surface area (Å²) < 4.78 is 28.6. The highest BCUT2D eigenvalue weighted by molar-refractivity contribution is 5.99. The van der Waals surface area contributed by atoms with Crippen molar-refractivity contribution >= 4 is 17.5 Å². The molecule has 0 aliphatic rings. The summed E-state index contributed by atoms with van der Waals surface area (Å²) in [6.45, 7) is 0.651. The number of alkyl halides is 2. The lowest BCUT2D eigenvalue weighted by molar-refractivity contribution is -0.115. The molecule has 5 nitrogen and oxygen atoms in total. The van der Waals surface area contributed by atoms with Crippen molar-refractivity contribution in [1.29, 1.82) is 0 Å². The second-order valence-corrected chi connectivity index (χ2v) is 5.44. The van der Waals surface area contributed by atoms with Gasteiger partial charge >= 0.3 is 6.61 Å². The summed E-state index contributed by atoms with van der Waals surface area (Å²) in [7, 11) is 0. The molecule has 7 heteroatoms. The quantitative estimate of drug-likeness (QED) is 0.842. The number of halogens is 2. The van der Waals surface area contributed by atoms with Crippen molar-refractivity contribution in [3.05, 3.63) is 59.2 Å². The molecule has 0 unspecified atom stereocenters. The monoisotopic (exact) mass is 348 g/mol. The van der Waals surface area contributed by atoms with E-state index in [9.17, 15) is 18.4 Å². The Morgan fingerprint density at radius 1 is 1.08 bits per heavy atom. The van der Waals surface area contributed by atoms with Crippen molar-refractivity contribution in [2.75, 3.05) is 11.9 Å². The number of carbonyl (C=O) groups excluding carboxylic acids is 2. The Balaban J connectivity index is 1.90. The first kappa shape index (κ1) is 18.4. The topological polar surface area (TPSA) is 67.4 Å². The number of anilines is 1. The van der Waals surface area contributed by atoms with Crippen molar-refractivity contribution in [3.8, 4) is 5.75 Å². The van der Waals surface area contributed by atoms with Gasteiger partial charge < -0.3 is 15.4 Å². The van der Waals surface area contributed by atoms with E-state index >= 15 is 0 Å². The molecule has 2 rings (SSSR count). The normalized spacial score (nSPS) is 10.4. The summed E-state index contributed by atoms with van der Waals surface area (Å²) in [5.74, 6) is -0.911. The van der Waals surface area contributed by atoms with Gasteiger partial charge in [-0.3, -0.25) is 9.59 Å². The van der Waals surface area contributed by atoms with Crippen LogP contribution < -0.4 is 15.4 Å². The number of ether oxygens (including phenoxy) is 1. The second kappa shape index (κ2) is 8.23. The van der Waals surface area contributed by atoms with Crippen LogP contribution in [0.1, 0.15) is 21.5 Å². The first-order valence-electron chi connectivity index (χ1n) is 7.55. The van der Waals surface area contributed by atoms with Gasteiger partial charge in [0, 0.05) is 17.3 Å². The van der Waals surface area contributed by atoms with Gasteiger partial charge in [-0.1, -0.05) is 12.1 Å². The summed E-state index contributed by atoms with van der Waals surface area (Å²) in [4.78, 5) is 23.9. The average molecular weight is 348 g/mol. The highest BCUT2D eigenvalue weighted by Crippen LogP contribution is 2.19. The molecule has 0 aromatic heterocycles. The van der Waals surface area contributed by atoms with E-state index in [-0.39, 0.29) is 18.2 Å². The summed E-state index contributed by atoms with van der Waals surface area (Å²) in [6, 6.07) is 10.9. The van der Waals surface area contributed by atoms with Gasteiger partial charge in [-0.25, -0.2) is 0 Å². The minimum atomic E-state index is -2.94. The molecular formula is C18H18F2N2O3. The van der Waals surface area contributed by atoms with Crippen molar-refractivity contribution in [3.63, 3.8) is 0 Å². The number of hydrogen-bond donors (Lipinski definition) is 2. The van der Waals surface area contributed by atoms with Gasteiger partial charge in [0.15, 0.2) is 0 Å². The third-order valence-corrected chi connectivity index (χ3v) is 3.52. The molecule has 2 aromatic carbocycles. The molecule has 0 saturated carbocycles. The number of aryl methyl sites for hydroxylation is 2. The third-order valence-electron chi connectivity index (χ3n) is 3.52. The van der Waals surface area contributed by atoms with Crippen LogP contribution in [0.15, 0.2) is 42.5 Å². The summed E-state index contributed by atoms with van der Waals surface area (Å²) in [6.07, 6.45) is 0. The largest absolute Gasteiger partial charge is 0.435 e. The van der Waals surface area contributed by atoms with E-state index in [0.29, 0.717) is 11.3 Å². The number of rotatable bonds is 6.